The topological polar surface area (TPSA) is 118 Å². The number of hydrogen-bond acceptors (Lipinski definition) is 6. The minimum Gasteiger partial charge on any atom is -0.493 e. The summed E-state index contributed by atoms with van der Waals surface area (Å²) in [7, 11) is 2.81. The molecule has 2 aromatic rings. The fourth-order valence-electron chi connectivity index (χ4n) is 2.49. The molecule has 3 amide bonds. The number of carbonyl (C=O) groups excluding carboxylic acids is 3. The lowest BCUT2D eigenvalue weighted by Crippen LogP contribution is -2.35. The standard InChI is InChI=1S/C21H24N4O5/c1-4-15-7-5-6-8-16(15)24-19(26)13-30-17-10-9-14(11-18(17)29-3)12-23-25-21(28)20(27)22-2/h5-12H,4,13H2,1-3H3,(H,22,27)(H,24,26)(H,25,28)/b23-12-. The molecular formula is C21H24N4O5. The van der Waals surface area contributed by atoms with Gasteiger partial charge in [0.05, 0.1) is 13.3 Å². The van der Waals surface area contributed by atoms with Crippen LogP contribution in [0.5, 0.6) is 11.5 Å². The molecule has 0 bridgehead atoms. The van der Waals surface area contributed by atoms with E-state index in [1.54, 1.807) is 18.2 Å². The Morgan fingerprint density at radius 2 is 1.83 bits per heavy atom. The van der Waals surface area contributed by atoms with Crippen molar-refractivity contribution in [2.45, 2.75) is 13.3 Å². The fraction of sp³-hybridized carbons (Fsp3) is 0.238. The van der Waals surface area contributed by atoms with Gasteiger partial charge in [0, 0.05) is 12.7 Å². The molecule has 0 atom stereocenters. The Balaban J connectivity index is 1.97. The molecule has 0 aliphatic rings. The maximum absolute atomic E-state index is 12.2. The molecule has 30 heavy (non-hydrogen) atoms. The largest absolute Gasteiger partial charge is 0.493 e. The summed E-state index contributed by atoms with van der Waals surface area (Å²) in [4.78, 5) is 34.7. The third-order valence-corrected chi connectivity index (χ3v) is 4.03. The summed E-state index contributed by atoms with van der Waals surface area (Å²) < 4.78 is 10.9. The van der Waals surface area contributed by atoms with Crippen LogP contribution in [0.1, 0.15) is 18.1 Å². The minimum absolute atomic E-state index is 0.190. The summed E-state index contributed by atoms with van der Waals surface area (Å²) in [5, 5.41) is 8.73. The van der Waals surface area contributed by atoms with Crippen molar-refractivity contribution in [3.63, 3.8) is 0 Å². The molecule has 158 valence electrons. The third kappa shape index (κ3) is 6.33. The molecular weight excluding hydrogens is 388 g/mol. The predicted molar refractivity (Wildman–Crippen MR) is 113 cm³/mol. The van der Waals surface area contributed by atoms with E-state index in [1.165, 1.54) is 20.4 Å². The summed E-state index contributed by atoms with van der Waals surface area (Å²) in [6.07, 6.45) is 2.15. The summed E-state index contributed by atoms with van der Waals surface area (Å²) in [5.41, 5.74) is 4.49. The van der Waals surface area contributed by atoms with E-state index in [9.17, 15) is 14.4 Å². The number of hydrazone groups is 1. The van der Waals surface area contributed by atoms with Crippen molar-refractivity contribution in [1.29, 1.82) is 0 Å². The number of methoxy groups -OCH3 is 1. The zero-order valence-electron chi connectivity index (χ0n) is 17.0. The van der Waals surface area contributed by atoms with Crippen molar-refractivity contribution in [1.82, 2.24) is 10.7 Å². The number of nitrogens with one attached hydrogen (secondary N) is 3. The number of anilines is 1. The maximum atomic E-state index is 12.2. The second kappa shape index (κ2) is 11.2. The van der Waals surface area contributed by atoms with Crippen molar-refractivity contribution in [2.75, 3.05) is 26.1 Å². The van der Waals surface area contributed by atoms with Gasteiger partial charge < -0.3 is 20.1 Å². The number of nitrogens with zero attached hydrogens (tertiary/aromatic N) is 1. The molecule has 0 saturated carbocycles. The molecule has 0 aliphatic heterocycles. The first-order chi connectivity index (χ1) is 14.5. The van der Waals surface area contributed by atoms with Crippen molar-refractivity contribution in [2.24, 2.45) is 5.10 Å². The first-order valence-corrected chi connectivity index (χ1v) is 9.22. The van der Waals surface area contributed by atoms with Gasteiger partial charge in [0.15, 0.2) is 18.1 Å². The maximum Gasteiger partial charge on any atom is 0.329 e. The molecule has 0 radical (unpaired) electrons. The smallest absolute Gasteiger partial charge is 0.329 e. The third-order valence-electron chi connectivity index (χ3n) is 4.03. The zero-order valence-corrected chi connectivity index (χ0v) is 17.0. The van der Waals surface area contributed by atoms with Gasteiger partial charge in [-0.2, -0.15) is 5.10 Å². The lowest BCUT2D eigenvalue weighted by atomic mass is 10.1. The van der Waals surface area contributed by atoms with Gasteiger partial charge in [-0.3, -0.25) is 14.4 Å². The molecule has 0 unspecified atom stereocenters. The average Bonchev–Trinajstić information content (AvgIpc) is 2.77. The number of aryl methyl sites for hydroxylation is 1. The zero-order chi connectivity index (χ0) is 21.9. The monoisotopic (exact) mass is 412 g/mol. The number of amides is 3. The Hall–Kier alpha value is -3.88. The minimum atomic E-state index is -0.878. The van der Waals surface area contributed by atoms with E-state index in [2.05, 4.69) is 21.2 Å². The molecule has 0 saturated heterocycles. The fourth-order valence-corrected chi connectivity index (χ4v) is 2.49. The van der Waals surface area contributed by atoms with Gasteiger partial charge in [0.1, 0.15) is 0 Å². The number of benzene rings is 2. The van der Waals surface area contributed by atoms with E-state index in [1.807, 2.05) is 31.2 Å². The van der Waals surface area contributed by atoms with Gasteiger partial charge in [-0.25, -0.2) is 5.43 Å². The van der Waals surface area contributed by atoms with Crippen LogP contribution in [0.25, 0.3) is 0 Å². The van der Waals surface area contributed by atoms with E-state index < -0.39 is 11.8 Å². The average molecular weight is 412 g/mol. The van der Waals surface area contributed by atoms with Crippen LogP contribution in [0.2, 0.25) is 0 Å². The van der Waals surface area contributed by atoms with E-state index >= 15 is 0 Å². The molecule has 3 N–H and O–H groups in total. The molecule has 0 aromatic heterocycles. The van der Waals surface area contributed by atoms with E-state index in [4.69, 9.17) is 9.47 Å². The summed E-state index contributed by atoms with van der Waals surface area (Å²) in [5.74, 6) is -1.20. The van der Waals surface area contributed by atoms with Crippen LogP contribution in [-0.4, -0.2) is 44.7 Å². The van der Waals surface area contributed by atoms with Gasteiger partial charge in [-0.15, -0.1) is 0 Å². The van der Waals surface area contributed by atoms with Crippen molar-refractivity contribution >= 4 is 29.6 Å². The Morgan fingerprint density at radius 3 is 2.53 bits per heavy atom. The molecule has 9 nitrogen and oxygen atoms in total. The van der Waals surface area contributed by atoms with Crippen LogP contribution in [0.3, 0.4) is 0 Å². The Labute approximate surface area is 174 Å². The van der Waals surface area contributed by atoms with Gasteiger partial charge in [0.25, 0.3) is 5.91 Å². The highest BCUT2D eigenvalue weighted by molar-refractivity contribution is 6.35. The van der Waals surface area contributed by atoms with Crippen LogP contribution < -0.4 is 25.5 Å². The highest BCUT2D eigenvalue weighted by Gasteiger charge is 2.11. The van der Waals surface area contributed by atoms with Crippen LogP contribution in [0.4, 0.5) is 5.69 Å². The molecule has 0 fully saturated rings. The summed E-state index contributed by atoms with van der Waals surface area (Å²) >= 11 is 0. The van der Waals surface area contributed by atoms with Crippen LogP contribution >= 0.6 is 0 Å². The van der Waals surface area contributed by atoms with Crippen LogP contribution in [0, 0.1) is 0 Å². The number of hydrogen-bond donors (Lipinski definition) is 3. The Morgan fingerprint density at radius 1 is 1.07 bits per heavy atom. The molecule has 2 rings (SSSR count). The van der Waals surface area contributed by atoms with Crippen LogP contribution in [-0.2, 0) is 20.8 Å². The van der Waals surface area contributed by atoms with Crippen molar-refractivity contribution in [3.8, 4) is 11.5 Å². The molecule has 0 spiro atoms. The van der Waals surface area contributed by atoms with Crippen molar-refractivity contribution in [3.05, 3.63) is 53.6 Å². The molecule has 2 aromatic carbocycles. The Kier molecular flexibility index (Phi) is 8.37. The van der Waals surface area contributed by atoms with E-state index in [0.717, 1.165) is 17.7 Å². The van der Waals surface area contributed by atoms with E-state index in [0.29, 0.717) is 17.1 Å². The normalized spacial score (nSPS) is 10.4. The Bertz CT molecular complexity index is 943. The van der Waals surface area contributed by atoms with E-state index in [-0.39, 0.29) is 12.5 Å². The second-order valence-electron chi connectivity index (χ2n) is 6.04. The molecule has 9 heteroatoms. The number of carbonyl (C=O) groups is 3. The molecule has 0 aliphatic carbocycles. The van der Waals surface area contributed by atoms with Crippen molar-refractivity contribution < 1.29 is 23.9 Å². The summed E-state index contributed by atoms with van der Waals surface area (Å²) in [6, 6.07) is 12.5. The predicted octanol–water partition coefficient (Wildman–Crippen LogP) is 1.47. The first-order valence-electron chi connectivity index (χ1n) is 9.22. The van der Waals surface area contributed by atoms with Gasteiger partial charge >= 0.3 is 11.8 Å². The van der Waals surface area contributed by atoms with Gasteiger partial charge in [-0.1, -0.05) is 25.1 Å². The quantitative estimate of drug-likeness (QED) is 0.345. The van der Waals surface area contributed by atoms with Gasteiger partial charge in [0.2, 0.25) is 0 Å². The highest BCUT2D eigenvalue weighted by atomic mass is 16.5. The van der Waals surface area contributed by atoms with Gasteiger partial charge in [-0.05, 0) is 41.8 Å². The molecule has 0 heterocycles. The summed E-state index contributed by atoms with van der Waals surface area (Å²) in [6.45, 7) is 1.82. The SMILES string of the molecule is CCc1ccccc1NC(=O)COc1ccc(/C=N\NC(=O)C(=O)NC)cc1OC. The number of ether oxygens (including phenoxy) is 2. The lowest BCUT2D eigenvalue weighted by Gasteiger charge is -2.13. The first kappa shape index (κ1) is 22.4. The number of rotatable bonds is 8. The number of likely N-dealkylation sites (N-methyl/N-ethyl adjacent to an activating group) is 1. The van der Waals surface area contributed by atoms with Crippen LogP contribution in [0.15, 0.2) is 47.6 Å². The highest BCUT2D eigenvalue weighted by Crippen LogP contribution is 2.27. The lowest BCUT2D eigenvalue weighted by molar-refractivity contribution is -0.138. The number of para-hydroxylation sites is 1. The second-order valence-corrected chi connectivity index (χ2v) is 6.04.